The van der Waals surface area contributed by atoms with E-state index in [1.165, 1.54) is 5.75 Å². The van der Waals surface area contributed by atoms with Crippen molar-refractivity contribution >= 4 is 24.3 Å². The number of benzene rings is 1. The molecule has 142 valence electrons. The van der Waals surface area contributed by atoms with Gasteiger partial charge in [-0.2, -0.15) is 11.8 Å². The van der Waals surface area contributed by atoms with Gasteiger partial charge in [0.1, 0.15) is 11.9 Å². The Morgan fingerprint density at radius 3 is 2.54 bits per heavy atom. The third kappa shape index (κ3) is 3.41. The maximum absolute atomic E-state index is 6.47. The molecule has 3 aliphatic rings. The van der Waals surface area contributed by atoms with Crippen LogP contribution in [0.5, 0.6) is 5.75 Å². The Hall–Kier alpha value is -0.685. The van der Waals surface area contributed by atoms with E-state index in [-0.39, 0.29) is 22.9 Å². The zero-order valence-corrected chi connectivity index (χ0v) is 17.1. The zero-order chi connectivity index (χ0) is 18.4. The average molecular weight is 376 g/mol. The van der Waals surface area contributed by atoms with Crippen molar-refractivity contribution < 1.29 is 18.8 Å². The summed E-state index contributed by atoms with van der Waals surface area (Å²) in [5.74, 6) is 3.15. The smallest absolute Gasteiger partial charge is 0.491 e. The summed E-state index contributed by atoms with van der Waals surface area (Å²) in [6.07, 6.45) is 3.23. The van der Waals surface area contributed by atoms with Crippen molar-refractivity contribution in [1.82, 2.24) is 0 Å². The van der Waals surface area contributed by atoms with Gasteiger partial charge in [0.2, 0.25) is 0 Å². The summed E-state index contributed by atoms with van der Waals surface area (Å²) < 4.78 is 25.1. The van der Waals surface area contributed by atoms with Crippen LogP contribution in [0.4, 0.5) is 0 Å². The molecule has 1 aromatic carbocycles. The molecule has 0 radical (unpaired) electrons. The maximum atomic E-state index is 6.47. The van der Waals surface area contributed by atoms with Crippen molar-refractivity contribution in [3.8, 4) is 5.75 Å². The summed E-state index contributed by atoms with van der Waals surface area (Å²) in [6.45, 7) is 9.10. The van der Waals surface area contributed by atoms with Crippen LogP contribution in [0, 0.1) is 0 Å². The molecule has 3 aliphatic heterocycles. The maximum Gasteiger partial charge on any atom is 0.498 e. The predicted molar refractivity (Wildman–Crippen MR) is 106 cm³/mol. The summed E-state index contributed by atoms with van der Waals surface area (Å²) in [7, 11) is -0.396. The van der Waals surface area contributed by atoms with E-state index in [4.69, 9.17) is 18.8 Å². The molecule has 2 atom stereocenters. The number of para-hydroxylation sites is 1. The second kappa shape index (κ2) is 6.73. The van der Waals surface area contributed by atoms with Gasteiger partial charge < -0.3 is 18.8 Å². The van der Waals surface area contributed by atoms with Gasteiger partial charge in [-0.05, 0) is 45.9 Å². The van der Waals surface area contributed by atoms with Gasteiger partial charge in [0.15, 0.2) is 0 Å². The summed E-state index contributed by atoms with van der Waals surface area (Å²) in [4.78, 5) is 0. The third-order valence-electron chi connectivity index (χ3n) is 6.23. The highest BCUT2D eigenvalue weighted by Gasteiger charge is 2.52. The fourth-order valence-electron chi connectivity index (χ4n) is 3.88. The Kier molecular flexibility index (Phi) is 4.83. The Morgan fingerprint density at radius 2 is 1.85 bits per heavy atom. The quantitative estimate of drug-likeness (QED) is 0.756. The van der Waals surface area contributed by atoms with Crippen LogP contribution in [0.15, 0.2) is 24.3 Å². The summed E-state index contributed by atoms with van der Waals surface area (Å²) in [5.41, 5.74) is 0.295. The predicted octanol–water partition coefficient (Wildman–Crippen LogP) is 3.42. The lowest BCUT2D eigenvalue weighted by Crippen LogP contribution is -2.45. The van der Waals surface area contributed by atoms with E-state index < -0.39 is 7.12 Å². The minimum atomic E-state index is -0.396. The molecule has 3 fully saturated rings. The van der Waals surface area contributed by atoms with E-state index in [1.807, 2.05) is 30.0 Å². The molecular formula is C20H29BO4S. The first-order chi connectivity index (χ1) is 12.3. The van der Waals surface area contributed by atoms with E-state index in [1.54, 1.807) is 0 Å². The largest absolute Gasteiger partial charge is 0.498 e. The van der Waals surface area contributed by atoms with Crippen molar-refractivity contribution in [3.63, 3.8) is 0 Å². The molecule has 0 N–H and O–H groups in total. The van der Waals surface area contributed by atoms with Crippen molar-refractivity contribution in [2.45, 2.75) is 69.9 Å². The summed E-state index contributed by atoms with van der Waals surface area (Å²) in [5, 5.41) is 0. The number of hydrogen-bond donors (Lipinski definition) is 0. The molecule has 0 aliphatic carbocycles. The van der Waals surface area contributed by atoms with Gasteiger partial charge in [0.25, 0.3) is 0 Å². The molecule has 0 aromatic heterocycles. The summed E-state index contributed by atoms with van der Waals surface area (Å²) in [6, 6.07) is 8.13. The van der Waals surface area contributed by atoms with Gasteiger partial charge in [0.05, 0.1) is 23.4 Å². The topological polar surface area (TPSA) is 36.9 Å². The van der Waals surface area contributed by atoms with E-state index in [2.05, 4.69) is 33.8 Å². The second-order valence-electron chi connectivity index (χ2n) is 8.69. The molecule has 1 aromatic rings. The van der Waals surface area contributed by atoms with E-state index >= 15 is 0 Å². The average Bonchev–Trinajstić information content (AvgIpc) is 3.10. The van der Waals surface area contributed by atoms with Crippen molar-refractivity contribution in [3.05, 3.63) is 24.3 Å². The first-order valence-electron chi connectivity index (χ1n) is 9.63. The van der Waals surface area contributed by atoms with Crippen molar-refractivity contribution in [2.75, 3.05) is 18.1 Å². The van der Waals surface area contributed by atoms with E-state index in [0.29, 0.717) is 0 Å². The first-order valence-corrected chi connectivity index (χ1v) is 10.8. The lowest BCUT2D eigenvalue weighted by atomic mass is 9.78. The van der Waals surface area contributed by atoms with Crippen LogP contribution < -0.4 is 10.2 Å². The molecular weight excluding hydrogens is 347 g/mol. The first kappa shape index (κ1) is 18.7. The zero-order valence-electron chi connectivity index (χ0n) is 16.2. The molecule has 0 saturated carbocycles. The van der Waals surface area contributed by atoms with E-state index in [9.17, 15) is 0 Å². The highest BCUT2D eigenvalue weighted by Crippen LogP contribution is 2.40. The number of ether oxygens (including phenoxy) is 2. The van der Waals surface area contributed by atoms with E-state index in [0.717, 1.165) is 42.8 Å². The fourth-order valence-corrected chi connectivity index (χ4v) is 5.26. The minimum Gasteiger partial charge on any atom is -0.491 e. The molecule has 0 bridgehead atoms. The number of thioether (sulfide) groups is 1. The standard InChI is InChI=1S/C20H29BO4S/c1-18(2)19(3,4)25-21(24-18)16-7-5-6-8-17(16)23-15-9-11-22-20(13-15)10-12-26-14-20/h5-8,15H,9-14H2,1-4H3. The third-order valence-corrected chi connectivity index (χ3v) is 7.46. The van der Waals surface area contributed by atoms with Crippen LogP contribution in [-0.4, -0.2) is 48.1 Å². The highest BCUT2D eigenvalue weighted by molar-refractivity contribution is 7.99. The molecule has 1 spiro atoms. The molecule has 4 rings (SSSR count). The SMILES string of the molecule is CC1(C)OB(c2ccccc2OC2CCOC3(CCSC3)C2)OC1(C)C. The second-order valence-corrected chi connectivity index (χ2v) is 9.80. The van der Waals surface area contributed by atoms with Gasteiger partial charge in [0, 0.05) is 24.1 Å². The van der Waals surface area contributed by atoms with Gasteiger partial charge >= 0.3 is 7.12 Å². The fraction of sp³-hybridized carbons (Fsp3) is 0.700. The van der Waals surface area contributed by atoms with Gasteiger partial charge in [-0.15, -0.1) is 0 Å². The molecule has 4 nitrogen and oxygen atoms in total. The van der Waals surface area contributed by atoms with Crippen LogP contribution in [0.2, 0.25) is 0 Å². The minimum absolute atomic E-state index is 0.0207. The molecule has 3 saturated heterocycles. The van der Waals surface area contributed by atoms with Gasteiger partial charge in [-0.3, -0.25) is 0 Å². The number of rotatable bonds is 3. The molecule has 3 heterocycles. The summed E-state index contributed by atoms with van der Waals surface area (Å²) >= 11 is 1.99. The van der Waals surface area contributed by atoms with Crippen LogP contribution in [0.3, 0.4) is 0 Å². The van der Waals surface area contributed by atoms with Crippen molar-refractivity contribution in [2.24, 2.45) is 0 Å². The highest BCUT2D eigenvalue weighted by atomic mass is 32.2. The Bertz CT molecular complexity index is 641. The Balaban J connectivity index is 1.52. The molecule has 0 amide bonds. The molecule has 6 heteroatoms. The lowest BCUT2D eigenvalue weighted by Gasteiger charge is -2.38. The van der Waals surface area contributed by atoms with Crippen LogP contribution in [-0.2, 0) is 14.0 Å². The van der Waals surface area contributed by atoms with Crippen molar-refractivity contribution in [1.29, 1.82) is 0 Å². The normalized spacial score (nSPS) is 32.9. The van der Waals surface area contributed by atoms with Crippen LogP contribution >= 0.6 is 11.8 Å². The van der Waals surface area contributed by atoms with Gasteiger partial charge in [-0.1, -0.05) is 18.2 Å². The monoisotopic (exact) mass is 376 g/mol. The van der Waals surface area contributed by atoms with Crippen LogP contribution in [0.25, 0.3) is 0 Å². The molecule has 26 heavy (non-hydrogen) atoms. The molecule has 2 unspecified atom stereocenters. The Labute approximate surface area is 161 Å². The van der Waals surface area contributed by atoms with Gasteiger partial charge in [-0.25, -0.2) is 0 Å². The lowest BCUT2D eigenvalue weighted by molar-refractivity contribution is -0.0957. The number of hydrogen-bond acceptors (Lipinski definition) is 5. The van der Waals surface area contributed by atoms with Crippen LogP contribution in [0.1, 0.15) is 47.0 Å². The Morgan fingerprint density at radius 1 is 1.12 bits per heavy atom.